The Balaban J connectivity index is 1.94. The number of benzene rings is 2. The average molecular weight is 249 g/mol. The lowest BCUT2D eigenvalue weighted by atomic mass is 10.0. The van der Waals surface area contributed by atoms with E-state index >= 15 is 0 Å². The first kappa shape index (κ1) is 11.7. The third-order valence-electron chi connectivity index (χ3n) is 3.27. The predicted octanol–water partition coefficient (Wildman–Crippen LogP) is 3.83. The Hall–Kier alpha value is -2.35. The quantitative estimate of drug-likeness (QED) is 0.703. The first-order valence-corrected chi connectivity index (χ1v) is 6.31. The topological polar surface area (TPSA) is 22.1 Å². The van der Waals surface area contributed by atoms with Gasteiger partial charge in [-0.1, -0.05) is 24.3 Å². The zero-order valence-corrected chi connectivity index (χ0v) is 10.8. The summed E-state index contributed by atoms with van der Waals surface area (Å²) in [5, 5.41) is 2.45. The van der Waals surface area contributed by atoms with Crippen LogP contribution in [0, 0.1) is 0 Å². The minimum Gasteiger partial charge on any atom is -0.497 e. The van der Waals surface area contributed by atoms with E-state index in [9.17, 15) is 0 Å². The summed E-state index contributed by atoms with van der Waals surface area (Å²) >= 11 is 0. The molecule has 0 atom stereocenters. The van der Waals surface area contributed by atoms with Crippen molar-refractivity contribution in [3.05, 3.63) is 72.1 Å². The summed E-state index contributed by atoms with van der Waals surface area (Å²) in [7, 11) is 1.69. The summed E-state index contributed by atoms with van der Waals surface area (Å²) in [5.41, 5.74) is 2.59. The molecule has 0 aliphatic heterocycles. The van der Waals surface area contributed by atoms with Gasteiger partial charge in [0.05, 0.1) is 7.11 Å². The van der Waals surface area contributed by atoms with Gasteiger partial charge in [0.15, 0.2) is 0 Å². The number of hydrogen-bond donors (Lipinski definition) is 0. The number of rotatable bonds is 3. The van der Waals surface area contributed by atoms with E-state index < -0.39 is 0 Å². The fourth-order valence-electron chi connectivity index (χ4n) is 2.25. The van der Waals surface area contributed by atoms with Gasteiger partial charge in [-0.05, 0) is 52.6 Å². The molecule has 0 amide bonds. The molecule has 3 aromatic rings. The van der Waals surface area contributed by atoms with Crippen molar-refractivity contribution in [3.63, 3.8) is 0 Å². The van der Waals surface area contributed by atoms with Crippen LogP contribution < -0.4 is 4.74 Å². The molecule has 19 heavy (non-hydrogen) atoms. The minimum atomic E-state index is 0.898. The highest BCUT2D eigenvalue weighted by atomic mass is 16.5. The maximum atomic E-state index is 5.24. The van der Waals surface area contributed by atoms with Crippen molar-refractivity contribution in [2.75, 3.05) is 7.11 Å². The van der Waals surface area contributed by atoms with Crippen molar-refractivity contribution < 1.29 is 4.74 Å². The van der Waals surface area contributed by atoms with Crippen LogP contribution in [0.2, 0.25) is 0 Å². The lowest BCUT2D eigenvalue weighted by Gasteiger charge is -2.06. The summed E-state index contributed by atoms with van der Waals surface area (Å²) in [6.45, 7) is 0. The van der Waals surface area contributed by atoms with Gasteiger partial charge in [-0.2, -0.15) is 0 Å². The van der Waals surface area contributed by atoms with Gasteiger partial charge in [0.25, 0.3) is 0 Å². The van der Waals surface area contributed by atoms with Crippen LogP contribution in [-0.4, -0.2) is 12.1 Å². The van der Waals surface area contributed by atoms with E-state index in [0.29, 0.717) is 0 Å². The minimum absolute atomic E-state index is 0.898. The molecule has 0 saturated carbocycles. The van der Waals surface area contributed by atoms with Crippen molar-refractivity contribution in [1.29, 1.82) is 0 Å². The maximum Gasteiger partial charge on any atom is 0.119 e. The van der Waals surface area contributed by atoms with E-state index in [0.717, 1.165) is 12.2 Å². The monoisotopic (exact) mass is 249 g/mol. The van der Waals surface area contributed by atoms with Gasteiger partial charge >= 0.3 is 0 Å². The van der Waals surface area contributed by atoms with Crippen LogP contribution in [0.3, 0.4) is 0 Å². The molecule has 0 aliphatic carbocycles. The molecule has 0 bridgehead atoms. The first-order chi connectivity index (χ1) is 9.35. The first-order valence-electron chi connectivity index (χ1n) is 6.31. The van der Waals surface area contributed by atoms with Gasteiger partial charge in [0.2, 0.25) is 0 Å². The Morgan fingerprint density at radius 1 is 0.842 bits per heavy atom. The fraction of sp³-hybridized carbons (Fsp3) is 0.118. The molecule has 1 aromatic heterocycles. The molecule has 0 aliphatic rings. The van der Waals surface area contributed by atoms with Crippen molar-refractivity contribution in [2.24, 2.45) is 0 Å². The number of fused-ring (bicyclic) bond motifs is 1. The zero-order valence-electron chi connectivity index (χ0n) is 10.8. The molecule has 0 spiro atoms. The average Bonchev–Trinajstić information content (AvgIpc) is 2.48. The molecule has 2 aromatic carbocycles. The smallest absolute Gasteiger partial charge is 0.119 e. The summed E-state index contributed by atoms with van der Waals surface area (Å²) in [4.78, 5) is 4.04. The van der Waals surface area contributed by atoms with E-state index in [1.165, 1.54) is 21.9 Å². The normalized spacial score (nSPS) is 10.6. The lowest BCUT2D eigenvalue weighted by molar-refractivity contribution is 0.415. The molecule has 0 unspecified atom stereocenters. The molecule has 0 saturated heterocycles. The third-order valence-corrected chi connectivity index (χ3v) is 3.27. The van der Waals surface area contributed by atoms with Gasteiger partial charge in [-0.25, -0.2) is 0 Å². The molecule has 2 heteroatoms. The number of pyridine rings is 1. The Labute approximate surface area is 112 Å². The van der Waals surface area contributed by atoms with Crippen LogP contribution in [0.25, 0.3) is 10.8 Å². The van der Waals surface area contributed by atoms with E-state index in [2.05, 4.69) is 47.4 Å². The van der Waals surface area contributed by atoms with E-state index in [1.807, 2.05) is 18.5 Å². The van der Waals surface area contributed by atoms with Crippen LogP contribution in [-0.2, 0) is 6.42 Å². The van der Waals surface area contributed by atoms with Crippen LogP contribution >= 0.6 is 0 Å². The Bertz CT molecular complexity index is 692. The second kappa shape index (κ2) is 5.11. The molecule has 0 N–H and O–H groups in total. The molecule has 2 nitrogen and oxygen atoms in total. The molecule has 0 radical (unpaired) electrons. The molecular weight excluding hydrogens is 234 g/mol. The summed E-state index contributed by atoms with van der Waals surface area (Å²) < 4.78 is 5.24. The van der Waals surface area contributed by atoms with Crippen molar-refractivity contribution in [2.45, 2.75) is 6.42 Å². The van der Waals surface area contributed by atoms with Gasteiger partial charge in [0.1, 0.15) is 5.75 Å². The summed E-state index contributed by atoms with van der Waals surface area (Å²) in [5.74, 6) is 0.898. The summed E-state index contributed by atoms with van der Waals surface area (Å²) in [6, 6.07) is 16.8. The SMILES string of the molecule is COc1ccc2cc(Cc3ccncc3)ccc2c1. The standard InChI is InChI=1S/C17H15NO/c1-19-17-5-4-15-11-14(2-3-16(15)12-17)10-13-6-8-18-9-7-13/h2-9,11-12H,10H2,1H3. The number of methoxy groups -OCH3 is 1. The third kappa shape index (κ3) is 2.58. The van der Waals surface area contributed by atoms with Crippen LogP contribution in [0.15, 0.2) is 60.9 Å². The number of aromatic nitrogens is 1. The van der Waals surface area contributed by atoms with E-state index in [1.54, 1.807) is 7.11 Å². The van der Waals surface area contributed by atoms with Gasteiger partial charge < -0.3 is 4.74 Å². The second-order valence-corrected chi connectivity index (χ2v) is 4.58. The van der Waals surface area contributed by atoms with Gasteiger partial charge in [0, 0.05) is 12.4 Å². The van der Waals surface area contributed by atoms with E-state index in [-0.39, 0.29) is 0 Å². The number of ether oxygens (including phenoxy) is 1. The van der Waals surface area contributed by atoms with Crippen molar-refractivity contribution in [1.82, 2.24) is 4.98 Å². The molecular formula is C17H15NO. The van der Waals surface area contributed by atoms with Gasteiger partial charge in [-0.15, -0.1) is 0 Å². The second-order valence-electron chi connectivity index (χ2n) is 4.58. The largest absolute Gasteiger partial charge is 0.497 e. The fourth-order valence-corrected chi connectivity index (χ4v) is 2.25. The van der Waals surface area contributed by atoms with Gasteiger partial charge in [-0.3, -0.25) is 4.98 Å². The maximum absolute atomic E-state index is 5.24. The van der Waals surface area contributed by atoms with Crippen LogP contribution in [0.4, 0.5) is 0 Å². The van der Waals surface area contributed by atoms with E-state index in [4.69, 9.17) is 4.74 Å². The highest BCUT2D eigenvalue weighted by Crippen LogP contribution is 2.22. The molecule has 0 fully saturated rings. The molecule has 94 valence electrons. The Kier molecular flexibility index (Phi) is 3.15. The number of hydrogen-bond acceptors (Lipinski definition) is 2. The molecule has 3 rings (SSSR count). The Morgan fingerprint density at radius 2 is 1.58 bits per heavy atom. The predicted molar refractivity (Wildman–Crippen MR) is 77.5 cm³/mol. The van der Waals surface area contributed by atoms with Crippen molar-refractivity contribution in [3.8, 4) is 5.75 Å². The highest BCUT2D eigenvalue weighted by Gasteiger charge is 2.00. The van der Waals surface area contributed by atoms with Crippen molar-refractivity contribution >= 4 is 10.8 Å². The number of nitrogens with zero attached hydrogens (tertiary/aromatic N) is 1. The summed E-state index contributed by atoms with van der Waals surface area (Å²) in [6.07, 6.45) is 4.60. The zero-order chi connectivity index (χ0) is 13.1. The highest BCUT2D eigenvalue weighted by molar-refractivity contribution is 5.84. The lowest BCUT2D eigenvalue weighted by Crippen LogP contribution is -1.89. The Morgan fingerprint density at radius 3 is 2.37 bits per heavy atom. The van der Waals surface area contributed by atoms with Crippen LogP contribution in [0.5, 0.6) is 5.75 Å². The molecule has 1 heterocycles. The van der Waals surface area contributed by atoms with Crippen LogP contribution in [0.1, 0.15) is 11.1 Å².